The van der Waals surface area contributed by atoms with Crippen LogP contribution in [0.5, 0.6) is 11.5 Å². The number of methoxy groups -OCH3 is 2. The summed E-state index contributed by atoms with van der Waals surface area (Å²) in [7, 11) is 6.28. The van der Waals surface area contributed by atoms with Gasteiger partial charge in [0.05, 0.1) is 25.1 Å². The van der Waals surface area contributed by atoms with Crippen molar-refractivity contribution in [3.8, 4) is 11.5 Å². The van der Waals surface area contributed by atoms with Gasteiger partial charge in [-0.3, -0.25) is 33.1 Å². The van der Waals surface area contributed by atoms with E-state index < -0.39 is 54.1 Å². The van der Waals surface area contributed by atoms with Gasteiger partial charge in [0.2, 0.25) is 23.6 Å². The lowest BCUT2D eigenvalue weighted by molar-refractivity contribution is -0.128. The Morgan fingerprint density at radius 2 is 1.03 bits per heavy atom. The van der Waals surface area contributed by atoms with Crippen molar-refractivity contribution < 1.29 is 28.7 Å². The van der Waals surface area contributed by atoms with E-state index in [1.54, 1.807) is 81.9 Å². The van der Waals surface area contributed by atoms with Crippen LogP contribution in [0.1, 0.15) is 17.5 Å². The Kier molecular flexibility index (Phi) is 14.1. The summed E-state index contributed by atoms with van der Waals surface area (Å²) in [5, 5.41) is 5.68. The predicted molar refractivity (Wildman–Crippen MR) is 234 cm³/mol. The maximum atomic E-state index is 14.2. The summed E-state index contributed by atoms with van der Waals surface area (Å²) in [4.78, 5) is 86.6. The maximum absolute atomic E-state index is 14.2. The minimum atomic E-state index is -1.08. The summed E-state index contributed by atoms with van der Waals surface area (Å²) in [6.45, 7) is -1.30. The fourth-order valence-electron chi connectivity index (χ4n) is 7.03. The number of rotatable bonds is 17. The number of anilines is 2. The molecule has 14 heteroatoms. The van der Waals surface area contributed by atoms with Crippen molar-refractivity contribution in [3.05, 3.63) is 165 Å². The summed E-state index contributed by atoms with van der Waals surface area (Å²) in [6.07, 6.45) is 0.849. The molecular formula is C47H48N6O8. The molecule has 2 N–H and O–H groups in total. The van der Waals surface area contributed by atoms with Crippen molar-refractivity contribution in [1.29, 1.82) is 0 Å². The average Bonchev–Trinajstić information content (AvgIpc) is 3.30. The van der Waals surface area contributed by atoms with Crippen molar-refractivity contribution in [3.63, 3.8) is 0 Å². The van der Waals surface area contributed by atoms with Gasteiger partial charge in [-0.05, 0) is 84.6 Å². The lowest BCUT2D eigenvalue weighted by atomic mass is 10.0. The third-order valence-corrected chi connectivity index (χ3v) is 10.4. The third kappa shape index (κ3) is 10.6. The highest BCUT2D eigenvalue weighted by atomic mass is 16.5. The van der Waals surface area contributed by atoms with E-state index in [1.165, 1.54) is 29.0 Å². The zero-order valence-electron chi connectivity index (χ0n) is 34.4. The van der Waals surface area contributed by atoms with Crippen molar-refractivity contribution in [1.82, 2.24) is 19.8 Å². The fourth-order valence-corrected chi connectivity index (χ4v) is 7.03. The predicted octanol–water partition coefficient (Wildman–Crippen LogP) is 4.35. The van der Waals surface area contributed by atoms with Crippen LogP contribution in [0.15, 0.2) is 143 Å². The second kappa shape index (κ2) is 20.0. The van der Waals surface area contributed by atoms with Crippen LogP contribution in [0.3, 0.4) is 0 Å². The van der Waals surface area contributed by atoms with Crippen molar-refractivity contribution >= 4 is 45.9 Å². The molecule has 0 saturated heterocycles. The van der Waals surface area contributed by atoms with E-state index in [-0.39, 0.29) is 29.7 Å². The first-order chi connectivity index (χ1) is 29.5. The molecule has 0 unspecified atom stereocenters. The molecule has 6 aromatic rings. The number of carbonyl (C=O) groups excluding carboxylic acids is 4. The van der Waals surface area contributed by atoms with E-state index in [1.807, 2.05) is 60.7 Å². The van der Waals surface area contributed by atoms with Crippen molar-refractivity contribution in [2.45, 2.75) is 44.4 Å². The maximum Gasteiger partial charge on any atom is 0.332 e. The minimum Gasteiger partial charge on any atom is -0.497 e. The lowest BCUT2D eigenvalue weighted by Gasteiger charge is -2.26. The van der Waals surface area contributed by atoms with Crippen LogP contribution in [0.2, 0.25) is 0 Å². The Bertz CT molecular complexity index is 2590. The molecule has 0 fully saturated rings. The number of hydrogen-bond acceptors (Lipinski definition) is 8. The minimum absolute atomic E-state index is 0.0924. The quantitative estimate of drug-likeness (QED) is 0.137. The number of benzene rings is 5. The molecule has 0 aliphatic heterocycles. The molecule has 1 heterocycles. The number of ether oxygens (including phenoxy) is 2. The fraction of sp³-hybridized carbons (Fsp3) is 0.234. The van der Waals surface area contributed by atoms with Gasteiger partial charge < -0.3 is 29.9 Å². The smallest absolute Gasteiger partial charge is 0.332 e. The van der Waals surface area contributed by atoms with E-state index in [2.05, 4.69) is 10.6 Å². The molecule has 0 spiro atoms. The summed E-state index contributed by atoms with van der Waals surface area (Å²) < 4.78 is 12.4. The second-order valence-corrected chi connectivity index (χ2v) is 14.4. The zero-order chi connectivity index (χ0) is 43.5. The number of nitrogens with one attached hydrogen (secondary N) is 2. The highest BCUT2D eigenvalue weighted by Crippen LogP contribution is 2.21. The molecule has 0 saturated carbocycles. The van der Waals surface area contributed by atoms with Gasteiger partial charge in [0.15, 0.2) is 0 Å². The number of aryl methyl sites for hydroxylation is 1. The number of hydrogen-bond donors (Lipinski definition) is 2. The van der Waals surface area contributed by atoms with E-state index in [0.717, 1.165) is 20.3 Å². The lowest BCUT2D eigenvalue weighted by Crippen LogP contribution is -2.52. The van der Waals surface area contributed by atoms with Gasteiger partial charge in [-0.1, -0.05) is 72.8 Å². The van der Waals surface area contributed by atoms with Crippen molar-refractivity contribution in [2.75, 3.05) is 38.1 Å². The van der Waals surface area contributed by atoms with E-state index in [9.17, 15) is 28.8 Å². The van der Waals surface area contributed by atoms with Gasteiger partial charge in [-0.2, -0.15) is 0 Å². The first-order valence-electron chi connectivity index (χ1n) is 19.7. The molecule has 0 bridgehead atoms. The average molecular weight is 825 g/mol. The van der Waals surface area contributed by atoms with Crippen LogP contribution in [0.4, 0.5) is 11.4 Å². The Morgan fingerprint density at radius 3 is 1.57 bits per heavy atom. The molecule has 4 amide bonds. The Balaban J connectivity index is 1.26. The first kappa shape index (κ1) is 43.1. The monoisotopic (exact) mass is 824 g/mol. The summed E-state index contributed by atoms with van der Waals surface area (Å²) >= 11 is 0. The highest BCUT2D eigenvalue weighted by molar-refractivity contribution is 6.00. The molecule has 2 atom stereocenters. The number of amides is 4. The summed E-state index contributed by atoms with van der Waals surface area (Å²) in [6, 6.07) is 36.7. The SMILES string of the molecule is COc1ccc(N(C)C(=O)[C@H](CCc2ccccc2)NC(=O)Cn2c(=O)n(CC(=O)N[C@@H](Cc3ccccc3)C(=O)N(C)c3ccc(OC)cc3)c(=O)c3ccccc32)cc1. The molecule has 5 aromatic carbocycles. The van der Waals surface area contributed by atoms with Crippen LogP contribution in [0.25, 0.3) is 10.9 Å². The zero-order valence-corrected chi connectivity index (χ0v) is 34.4. The van der Waals surface area contributed by atoms with Gasteiger partial charge in [0.25, 0.3) is 5.56 Å². The van der Waals surface area contributed by atoms with Crippen LogP contribution >= 0.6 is 0 Å². The van der Waals surface area contributed by atoms with Crippen LogP contribution in [-0.4, -0.2) is 73.2 Å². The molecule has 0 aliphatic carbocycles. The molecule has 61 heavy (non-hydrogen) atoms. The molecule has 0 radical (unpaired) electrons. The first-order valence-corrected chi connectivity index (χ1v) is 19.7. The Morgan fingerprint density at radius 1 is 0.574 bits per heavy atom. The second-order valence-electron chi connectivity index (χ2n) is 14.4. The van der Waals surface area contributed by atoms with Crippen LogP contribution in [-0.2, 0) is 45.1 Å². The number of nitrogens with zero attached hydrogens (tertiary/aromatic N) is 4. The molecule has 0 aliphatic rings. The number of fused-ring (bicyclic) bond motifs is 1. The number of para-hydroxylation sites is 1. The molecule has 314 valence electrons. The number of carbonyl (C=O) groups is 4. The normalized spacial score (nSPS) is 11.9. The summed E-state index contributed by atoms with van der Waals surface area (Å²) in [5.74, 6) is -1.02. The number of likely N-dealkylation sites (N-methyl/N-ethyl adjacent to an activating group) is 2. The summed E-state index contributed by atoms with van der Waals surface area (Å²) in [5.41, 5.74) is 1.39. The van der Waals surface area contributed by atoms with Crippen molar-refractivity contribution in [2.24, 2.45) is 0 Å². The largest absolute Gasteiger partial charge is 0.497 e. The molecule has 1 aromatic heterocycles. The Hall–Kier alpha value is -7.48. The van der Waals surface area contributed by atoms with Crippen LogP contribution in [0, 0.1) is 0 Å². The molecular weight excluding hydrogens is 777 g/mol. The molecule has 6 rings (SSSR count). The number of aromatic nitrogens is 2. The topological polar surface area (TPSA) is 161 Å². The highest BCUT2D eigenvalue weighted by Gasteiger charge is 2.28. The standard InChI is InChI=1S/C47H48N6O8/c1-50(34-20-24-36(60-3)25-21-34)45(57)39(28-19-32-13-7-5-8-14-32)48-42(54)30-52-41-18-12-11-17-38(41)44(56)53(47(52)59)31-43(55)49-40(29-33-15-9-6-10-16-33)46(58)51(2)35-22-26-37(61-4)27-23-35/h5-18,20-27,39-40H,19,28-31H2,1-4H3,(H,48,54)(H,49,55)/t39-,40-/m0/s1. The van der Waals surface area contributed by atoms with Gasteiger partial charge in [-0.25, -0.2) is 4.79 Å². The third-order valence-electron chi connectivity index (χ3n) is 10.4. The van der Waals surface area contributed by atoms with Gasteiger partial charge in [0.1, 0.15) is 36.7 Å². The van der Waals surface area contributed by atoms with Gasteiger partial charge in [-0.15, -0.1) is 0 Å². The van der Waals surface area contributed by atoms with Crippen LogP contribution < -0.4 is 41.2 Å². The van der Waals surface area contributed by atoms with Gasteiger partial charge >= 0.3 is 5.69 Å². The van der Waals surface area contributed by atoms with Gasteiger partial charge in [0, 0.05) is 31.9 Å². The Labute approximate surface area is 352 Å². The molecule has 14 nitrogen and oxygen atoms in total. The van der Waals surface area contributed by atoms with E-state index >= 15 is 0 Å². The van der Waals surface area contributed by atoms with E-state index in [4.69, 9.17) is 9.47 Å². The van der Waals surface area contributed by atoms with E-state index in [0.29, 0.717) is 29.3 Å².